The van der Waals surface area contributed by atoms with E-state index in [-0.39, 0.29) is 37.8 Å². The maximum Gasteiger partial charge on any atom is 0.407 e. The number of nitrogens with one attached hydrogen (secondary N) is 2. The highest BCUT2D eigenvalue weighted by atomic mass is 16.5. The van der Waals surface area contributed by atoms with Crippen molar-refractivity contribution in [3.8, 4) is 11.1 Å². The van der Waals surface area contributed by atoms with Crippen molar-refractivity contribution >= 4 is 18.0 Å². The Morgan fingerprint density at radius 1 is 0.862 bits per heavy atom. The van der Waals surface area contributed by atoms with Gasteiger partial charge >= 0.3 is 12.1 Å². The van der Waals surface area contributed by atoms with Gasteiger partial charge in [0.2, 0.25) is 5.91 Å². The number of fused-ring (bicyclic) bond motifs is 3. The molecule has 0 heterocycles. The van der Waals surface area contributed by atoms with Crippen LogP contribution in [0.15, 0.2) is 48.5 Å². The zero-order chi connectivity index (χ0) is 20.6. The van der Waals surface area contributed by atoms with Gasteiger partial charge in [0.1, 0.15) is 6.61 Å². The zero-order valence-corrected chi connectivity index (χ0v) is 16.0. The molecule has 0 saturated heterocycles. The molecule has 3 N–H and O–H groups in total. The Morgan fingerprint density at radius 3 is 2.10 bits per heavy atom. The number of carboxylic acids is 1. The van der Waals surface area contributed by atoms with Gasteiger partial charge in [-0.25, -0.2) is 4.79 Å². The number of carbonyl (C=O) groups is 3. The molecule has 0 aromatic heterocycles. The molecule has 2 aromatic rings. The van der Waals surface area contributed by atoms with Crippen molar-refractivity contribution in [3.05, 3.63) is 59.7 Å². The standard InChI is InChI=1S/C22H24N2O5/c25-20(23-13-11-21(26)27)10-5-12-24-22(28)29-14-19-17-8-3-1-6-15(17)16-7-2-4-9-18(16)19/h1-4,6-9,19H,5,10-14H2,(H,23,25)(H,24,28)(H,26,27). The van der Waals surface area contributed by atoms with E-state index in [1.54, 1.807) is 0 Å². The number of hydrogen-bond donors (Lipinski definition) is 3. The summed E-state index contributed by atoms with van der Waals surface area (Å²) in [5.74, 6) is -1.18. The Bertz CT molecular complexity index is 851. The van der Waals surface area contributed by atoms with Gasteiger partial charge in [-0.05, 0) is 28.7 Å². The summed E-state index contributed by atoms with van der Waals surface area (Å²) >= 11 is 0. The van der Waals surface area contributed by atoms with Crippen LogP contribution in [0.5, 0.6) is 0 Å². The molecule has 29 heavy (non-hydrogen) atoms. The SMILES string of the molecule is O=C(O)CCNC(=O)CCCNC(=O)OCC1c2ccccc2-c2ccccc21. The van der Waals surface area contributed by atoms with E-state index in [1.807, 2.05) is 24.3 Å². The molecule has 7 nitrogen and oxygen atoms in total. The van der Waals surface area contributed by atoms with Crippen LogP contribution in [0.25, 0.3) is 11.1 Å². The van der Waals surface area contributed by atoms with Crippen LogP contribution in [0.3, 0.4) is 0 Å². The number of amides is 2. The molecule has 0 spiro atoms. The third-order valence-corrected chi connectivity index (χ3v) is 4.85. The van der Waals surface area contributed by atoms with Crippen molar-refractivity contribution in [3.63, 3.8) is 0 Å². The van der Waals surface area contributed by atoms with Crippen LogP contribution in [0.1, 0.15) is 36.3 Å². The van der Waals surface area contributed by atoms with Crippen molar-refractivity contribution in [2.45, 2.75) is 25.2 Å². The van der Waals surface area contributed by atoms with Crippen LogP contribution in [0.4, 0.5) is 4.79 Å². The smallest absolute Gasteiger partial charge is 0.407 e. The lowest BCUT2D eigenvalue weighted by Gasteiger charge is -2.14. The molecule has 2 aromatic carbocycles. The Hall–Kier alpha value is -3.35. The van der Waals surface area contributed by atoms with E-state index in [1.165, 1.54) is 11.1 Å². The summed E-state index contributed by atoms with van der Waals surface area (Å²) in [6, 6.07) is 16.3. The predicted octanol–water partition coefficient (Wildman–Crippen LogP) is 2.90. The highest BCUT2D eigenvalue weighted by Gasteiger charge is 2.28. The van der Waals surface area contributed by atoms with Gasteiger partial charge in [0.15, 0.2) is 0 Å². The van der Waals surface area contributed by atoms with Crippen LogP contribution in [0, 0.1) is 0 Å². The molecule has 0 radical (unpaired) electrons. The molecular weight excluding hydrogens is 372 g/mol. The molecule has 0 fully saturated rings. The second kappa shape index (κ2) is 9.73. The fourth-order valence-electron chi connectivity index (χ4n) is 3.49. The number of aliphatic carboxylic acids is 1. The average Bonchev–Trinajstić information content (AvgIpc) is 3.03. The highest BCUT2D eigenvalue weighted by molar-refractivity contribution is 5.79. The second-order valence-corrected chi connectivity index (χ2v) is 6.85. The monoisotopic (exact) mass is 396 g/mol. The Morgan fingerprint density at radius 2 is 1.48 bits per heavy atom. The number of benzene rings is 2. The van der Waals surface area contributed by atoms with Gasteiger partial charge in [0.05, 0.1) is 6.42 Å². The minimum atomic E-state index is -0.956. The van der Waals surface area contributed by atoms with E-state index in [0.29, 0.717) is 13.0 Å². The van der Waals surface area contributed by atoms with Crippen molar-refractivity contribution in [1.82, 2.24) is 10.6 Å². The first kappa shape index (κ1) is 20.4. The van der Waals surface area contributed by atoms with Crippen LogP contribution >= 0.6 is 0 Å². The summed E-state index contributed by atoms with van der Waals surface area (Å²) in [7, 11) is 0. The number of carboxylic acid groups (broad SMARTS) is 1. The average molecular weight is 396 g/mol. The molecule has 3 rings (SSSR count). The van der Waals surface area contributed by atoms with Crippen LogP contribution < -0.4 is 10.6 Å². The van der Waals surface area contributed by atoms with Crippen LogP contribution in [0.2, 0.25) is 0 Å². The quantitative estimate of drug-likeness (QED) is 0.565. The molecule has 1 aliphatic carbocycles. The van der Waals surface area contributed by atoms with E-state index in [2.05, 4.69) is 34.9 Å². The molecule has 1 aliphatic rings. The Labute approximate surface area is 169 Å². The van der Waals surface area contributed by atoms with Crippen LogP contribution in [-0.2, 0) is 14.3 Å². The summed E-state index contributed by atoms with van der Waals surface area (Å²) in [6.45, 7) is 0.659. The summed E-state index contributed by atoms with van der Waals surface area (Å²) in [6.07, 6.45) is 0.0361. The molecule has 7 heteroatoms. The van der Waals surface area contributed by atoms with E-state index in [0.717, 1.165) is 11.1 Å². The Balaban J connectivity index is 1.41. The molecule has 0 saturated carbocycles. The molecule has 152 valence electrons. The number of ether oxygens (including phenoxy) is 1. The molecule has 0 aliphatic heterocycles. The first-order valence-electron chi connectivity index (χ1n) is 9.63. The lowest BCUT2D eigenvalue weighted by atomic mass is 9.98. The van der Waals surface area contributed by atoms with E-state index >= 15 is 0 Å². The number of hydrogen-bond acceptors (Lipinski definition) is 4. The minimum Gasteiger partial charge on any atom is -0.481 e. The van der Waals surface area contributed by atoms with Crippen LogP contribution in [-0.4, -0.2) is 42.8 Å². The van der Waals surface area contributed by atoms with E-state index in [4.69, 9.17) is 9.84 Å². The summed E-state index contributed by atoms with van der Waals surface area (Å²) in [4.78, 5) is 34.0. The summed E-state index contributed by atoms with van der Waals surface area (Å²) in [5.41, 5.74) is 4.65. The van der Waals surface area contributed by atoms with Gasteiger partial charge in [-0.1, -0.05) is 48.5 Å². The topological polar surface area (TPSA) is 105 Å². The highest BCUT2D eigenvalue weighted by Crippen LogP contribution is 2.44. The summed E-state index contributed by atoms with van der Waals surface area (Å²) < 4.78 is 5.42. The lowest BCUT2D eigenvalue weighted by molar-refractivity contribution is -0.136. The second-order valence-electron chi connectivity index (χ2n) is 6.85. The molecule has 0 unspecified atom stereocenters. The van der Waals surface area contributed by atoms with Crippen molar-refractivity contribution in [1.29, 1.82) is 0 Å². The fraction of sp³-hybridized carbons (Fsp3) is 0.318. The van der Waals surface area contributed by atoms with E-state index < -0.39 is 12.1 Å². The summed E-state index contributed by atoms with van der Waals surface area (Å²) in [5, 5.41) is 13.7. The van der Waals surface area contributed by atoms with Crippen molar-refractivity contribution in [2.24, 2.45) is 0 Å². The van der Waals surface area contributed by atoms with Crippen molar-refractivity contribution in [2.75, 3.05) is 19.7 Å². The fourth-order valence-corrected chi connectivity index (χ4v) is 3.49. The normalized spacial score (nSPS) is 12.0. The molecule has 2 amide bonds. The van der Waals surface area contributed by atoms with Gasteiger partial charge < -0.3 is 20.5 Å². The first-order valence-corrected chi connectivity index (χ1v) is 9.63. The number of rotatable bonds is 9. The van der Waals surface area contributed by atoms with Crippen molar-refractivity contribution < 1.29 is 24.2 Å². The van der Waals surface area contributed by atoms with Gasteiger partial charge in [-0.15, -0.1) is 0 Å². The maximum absolute atomic E-state index is 12.0. The number of alkyl carbamates (subject to hydrolysis) is 1. The third-order valence-electron chi connectivity index (χ3n) is 4.85. The van der Waals surface area contributed by atoms with Gasteiger partial charge in [-0.3, -0.25) is 9.59 Å². The predicted molar refractivity (Wildman–Crippen MR) is 108 cm³/mol. The molecule has 0 atom stereocenters. The van der Waals surface area contributed by atoms with Gasteiger partial charge in [0.25, 0.3) is 0 Å². The lowest BCUT2D eigenvalue weighted by Crippen LogP contribution is -2.29. The van der Waals surface area contributed by atoms with E-state index in [9.17, 15) is 14.4 Å². The molecular formula is C22H24N2O5. The minimum absolute atomic E-state index is 0.00756. The third kappa shape index (κ3) is 5.34. The largest absolute Gasteiger partial charge is 0.481 e. The molecule has 0 bridgehead atoms. The zero-order valence-electron chi connectivity index (χ0n) is 16.0. The number of carbonyl (C=O) groups excluding carboxylic acids is 2. The van der Waals surface area contributed by atoms with Gasteiger partial charge in [-0.2, -0.15) is 0 Å². The first-order chi connectivity index (χ1) is 14.1. The van der Waals surface area contributed by atoms with Gasteiger partial charge in [0, 0.05) is 25.4 Å². The maximum atomic E-state index is 12.0. The Kier molecular flexibility index (Phi) is 6.84.